The Morgan fingerprint density at radius 1 is 0.897 bits per heavy atom. The summed E-state index contributed by atoms with van der Waals surface area (Å²) in [5, 5.41) is 0. The van der Waals surface area contributed by atoms with E-state index in [1.807, 2.05) is 48.5 Å². The van der Waals surface area contributed by atoms with Crippen LogP contribution in [0.2, 0.25) is 0 Å². The third kappa shape index (κ3) is 4.34. The summed E-state index contributed by atoms with van der Waals surface area (Å²) in [6.45, 7) is 0.239. The molecule has 29 heavy (non-hydrogen) atoms. The fourth-order valence-corrected chi connectivity index (χ4v) is 3.43. The van der Waals surface area contributed by atoms with Gasteiger partial charge in [-0.2, -0.15) is 0 Å². The third-order valence-corrected chi connectivity index (χ3v) is 4.86. The number of ether oxygens (including phenoxy) is 1. The van der Waals surface area contributed by atoms with Crippen LogP contribution in [0, 0.1) is 11.6 Å². The first kappa shape index (κ1) is 19.6. The van der Waals surface area contributed by atoms with Crippen molar-refractivity contribution in [1.29, 1.82) is 0 Å². The minimum absolute atomic E-state index is 0.00345. The van der Waals surface area contributed by atoms with Crippen molar-refractivity contribution >= 4 is 35.2 Å². The molecule has 1 atom stereocenters. The van der Waals surface area contributed by atoms with E-state index in [0.29, 0.717) is 0 Å². The topological polar surface area (TPSA) is 21.6 Å². The van der Waals surface area contributed by atoms with E-state index in [1.54, 1.807) is 6.08 Å². The highest BCUT2D eigenvalue weighted by molar-refractivity contribution is 6.57. The van der Waals surface area contributed by atoms with Gasteiger partial charge in [0.2, 0.25) is 5.90 Å². The maximum Gasteiger partial charge on any atom is 0.222 e. The molecule has 2 nitrogen and oxygen atoms in total. The molecule has 0 aliphatic carbocycles. The van der Waals surface area contributed by atoms with Crippen molar-refractivity contribution in [3.8, 4) is 11.1 Å². The van der Waals surface area contributed by atoms with Crippen LogP contribution in [0.5, 0.6) is 0 Å². The van der Waals surface area contributed by atoms with Crippen molar-refractivity contribution in [3.63, 3.8) is 0 Å². The van der Waals surface area contributed by atoms with E-state index in [-0.39, 0.29) is 28.6 Å². The SMILES string of the molecule is Fc1cccc(F)c1C1=NC(c2ccc(-c3ccc(C=C(Cl)Cl)cc3)cc2)CO1. The molecule has 0 radical (unpaired) electrons. The van der Waals surface area contributed by atoms with Crippen molar-refractivity contribution in [2.75, 3.05) is 6.61 Å². The average Bonchev–Trinajstić information content (AvgIpc) is 3.18. The molecule has 1 unspecified atom stereocenters. The maximum absolute atomic E-state index is 14.0. The molecule has 0 fully saturated rings. The summed E-state index contributed by atoms with van der Waals surface area (Å²) in [4.78, 5) is 4.37. The molecule has 0 spiro atoms. The Morgan fingerprint density at radius 2 is 1.48 bits per heavy atom. The van der Waals surface area contributed by atoms with Crippen LogP contribution >= 0.6 is 23.2 Å². The predicted octanol–water partition coefficient (Wildman–Crippen LogP) is 6.93. The zero-order chi connectivity index (χ0) is 20.4. The van der Waals surface area contributed by atoms with Gasteiger partial charge in [-0.3, -0.25) is 0 Å². The van der Waals surface area contributed by atoms with Gasteiger partial charge in [0.25, 0.3) is 0 Å². The molecule has 1 heterocycles. The summed E-state index contributed by atoms with van der Waals surface area (Å²) in [6.07, 6.45) is 1.67. The summed E-state index contributed by atoms with van der Waals surface area (Å²) in [7, 11) is 0. The second kappa shape index (κ2) is 8.36. The maximum atomic E-state index is 14.0. The van der Waals surface area contributed by atoms with Gasteiger partial charge in [-0.1, -0.05) is 77.8 Å². The Morgan fingerprint density at radius 3 is 2.07 bits per heavy atom. The van der Waals surface area contributed by atoms with Crippen molar-refractivity contribution in [2.45, 2.75) is 6.04 Å². The van der Waals surface area contributed by atoms with Crippen LogP contribution in [-0.4, -0.2) is 12.5 Å². The van der Waals surface area contributed by atoms with E-state index in [4.69, 9.17) is 27.9 Å². The molecule has 0 N–H and O–H groups in total. The number of aliphatic imine (C=N–C) groups is 1. The van der Waals surface area contributed by atoms with Crippen molar-refractivity contribution in [2.24, 2.45) is 4.99 Å². The van der Waals surface area contributed by atoms with E-state index in [1.165, 1.54) is 18.2 Å². The van der Waals surface area contributed by atoms with E-state index in [9.17, 15) is 8.78 Å². The zero-order valence-electron chi connectivity index (χ0n) is 15.1. The summed E-state index contributed by atoms with van der Waals surface area (Å²) < 4.78 is 33.6. The first-order valence-electron chi connectivity index (χ1n) is 8.89. The van der Waals surface area contributed by atoms with Gasteiger partial charge < -0.3 is 4.74 Å². The summed E-state index contributed by atoms with van der Waals surface area (Å²) in [5.41, 5.74) is 3.67. The van der Waals surface area contributed by atoms with E-state index in [0.717, 1.165) is 22.3 Å². The van der Waals surface area contributed by atoms with Crippen LogP contribution in [0.3, 0.4) is 0 Å². The molecule has 146 valence electrons. The Bertz CT molecular complexity index is 1070. The number of halogens is 4. The van der Waals surface area contributed by atoms with Crippen LogP contribution in [-0.2, 0) is 4.74 Å². The minimum atomic E-state index is -0.687. The van der Waals surface area contributed by atoms with Gasteiger partial charge in [0.15, 0.2) is 0 Å². The molecule has 1 aliphatic rings. The highest BCUT2D eigenvalue weighted by atomic mass is 35.5. The highest BCUT2D eigenvalue weighted by Gasteiger charge is 2.26. The molecule has 3 aromatic rings. The van der Waals surface area contributed by atoms with E-state index < -0.39 is 11.6 Å². The Kier molecular flexibility index (Phi) is 5.65. The first-order valence-corrected chi connectivity index (χ1v) is 9.65. The van der Waals surface area contributed by atoms with Crippen molar-refractivity contribution < 1.29 is 13.5 Å². The lowest BCUT2D eigenvalue weighted by molar-refractivity contribution is 0.317. The molecule has 0 saturated heterocycles. The zero-order valence-corrected chi connectivity index (χ0v) is 16.6. The molecule has 3 aromatic carbocycles. The van der Waals surface area contributed by atoms with E-state index in [2.05, 4.69) is 4.99 Å². The fraction of sp³-hybridized carbons (Fsp3) is 0.0870. The van der Waals surface area contributed by atoms with Gasteiger partial charge in [0.1, 0.15) is 34.3 Å². The second-order valence-electron chi connectivity index (χ2n) is 6.54. The van der Waals surface area contributed by atoms with E-state index >= 15 is 0 Å². The average molecular weight is 430 g/mol. The molecule has 1 aliphatic heterocycles. The van der Waals surface area contributed by atoms with Crippen molar-refractivity contribution in [1.82, 2.24) is 0 Å². The van der Waals surface area contributed by atoms with Crippen molar-refractivity contribution in [3.05, 3.63) is 99.5 Å². The summed E-state index contributed by atoms with van der Waals surface area (Å²) >= 11 is 11.4. The Balaban J connectivity index is 1.54. The first-order chi connectivity index (χ1) is 14.0. The van der Waals surface area contributed by atoms with Gasteiger partial charge in [0, 0.05) is 0 Å². The minimum Gasteiger partial charge on any atom is -0.475 e. The lowest BCUT2D eigenvalue weighted by atomic mass is 10.0. The van der Waals surface area contributed by atoms with Crippen LogP contribution in [0.15, 0.2) is 76.2 Å². The highest BCUT2D eigenvalue weighted by Crippen LogP contribution is 2.29. The molecule has 0 bridgehead atoms. The van der Waals surface area contributed by atoms with Crippen LogP contribution < -0.4 is 0 Å². The normalized spacial score (nSPS) is 15.6. The molecule has 4 rings (SSSR count). The number of hydrogen-bond acceptors (Lipinski definition) is 2. The van der Waals surface area contributed by atoms with Gasteiger partial charge in [-0.15, -0.1) is 0 Å². The Hall–Kier alpha value is -2.69. The van der Waals surface area contributed by atoms with Gasteiger partial charge in [-0.25, -0.2) is 13.8 Å². The van der Waals surface area contributed by atoms with Gasteiger partial charge in [-0.05, 0) is 40.5 Å². The standard InChI is InChI=1S/C23H15Cl2F2NO/c24-21(25)12-14-4-6-15(7-5-14)16-8-10-17(11-9-16)20-13-29-23(28-20)22-18(26)2-1-3-19(22)27/h1-12,20H,13H2. The number of hydrogen-bond donors (Lipinski definition) is 0. The lowest BCUT2D eigenvalue weighted by Crippen LogP contribution is -2.07. The molecule has 0 aromatic heterocycles. The largest absolute Gasteiger partial charge is 0.475 e. The molecule has 0 amide bonds. The number of nitrogens with zero attached hydrogens (tertiary/aromatic N) is 1. The number of rotatable bonds is 4. The second-order valence-corrected chi connectivity index (χ2v) is 7.54. The quantitative estimate of drug-likeness (QED) is 0.440. The molecule has 6 heteroatoms. The predicted molar refractivity (Wildman–Crippen MR) is 113 cm³/mol. The molecular formula is C23H15Cl2F2NO. The fourth-order valence-electron chi connectivity index (χ4n) is 3.18. The summed E-state index contributed by atoms with van der Waals surface area (Å²) in [5.74, 6) is -1.38. The van der Waals surface area contributed by atoms with Gasteiger partial charge >= 0.3 is 0 Å². The molecule has 0 saturated carbocycles. The molecular weight excluding hydrogens is 415 g/mol. The lowest BCUT2D eigenvalue weighted by Gasteiger charge is -2.07. The van der Waals surface area contributed by atoms with Crippen LogP contribution in [0.1, 0.15) is 22.7 Å². The monoisotopic (exact) mass is 429 g/mol. The number of benzene rings is 3. The van der Waals surface area contributed by atoms with Crippen LogP contribution in [0.4, 0.5) is 8.78 Å². The van der Waals surface area contributed by atoms with Crippen LogP contribution in [0.25, 0.3) is 17.2 Å². The van der Waals surface area contributed by atoms with Gasteiger partial charge in [0.05, 0.1) is 0 Å². The summed E-state index contributed by atoms with van der Waals surface area (Å²) in [6, 6.07) is 19.0. The smallest absolute Gasteiger partial charge is 0.222 e. The third-order valence-electron chi connectivity index (χ3n) is 4.64. The Labute approximate surface area is 177 Å².